The van der Waals surface area contributed by atoms with Crippen LogP contribution in [0.1, 0.15) is 0 Å². The third kappa shape index (κ3) is 4.36. The number of carbonyl (C=O) groups excluding carboxylic acids is 1. The monoisotopic (exact) mass is 350 g/mol. The van der Waals surface area contributed by atoms with E-state index in [0.717, 1.165) is 21.5 Å². The lowest BCUT2D eigenvalue weighted by atomic mass is 10.2. The van der Waals surface area contributed by atoms with Gasteiger partial charge in [-0.1, -0.05) is 60.3 Å². The Bertz CT molecular complexity index is 883. The van der Waals surface area contributed by atoms with Crippen LogP contribution in [0.25, 0.3) is 10.8 Å². The standard InChI is InChI=1S/C19H18N4OS/c1-2-12-20-18-15-10-6-7-11-16(15)19(23-22-18)25-13-17(24)21-14-8-4-3-5-9-14/h2-11H,1,12-13H2,(H,20,22)(H,21,24). The first-order valence-corrected chi connectivity index (χ1v) is 8.84. The lowest BCUT2D eigenvalue weighted by molar-refractivity contribution is -0.113. The van der Waals surface area contributed by atoms with Gasteiger partial charge >= 0.3 is 0 Å². The summed E-state index contributed by atoms with van der Waals surface area (Å²) in [5.74, 6) is 0.914. The van der Waals surface area contributed by atoms with Crippen molar-refractivity contribution in [2.24, 2.45) is 0 Å². The Hall–Kier alpha value is -2.86. The topological polar surface area (TPSA) is 66.9 Å². The molecule has 3 rings (SSSR count). The summed E-state index contributed by atoms with van der Waals surface area (Å²) in [5, 5.41) is 17.3. The Morgan fingerprint density at radius 3 is 2.52 bits per heavy atom. The lowest BCUT2D eigenvalue weighted by Gasteiger charge is -2.09. The molecule has 0 bridgehead atoms. The number of benzene rings is 2. The fraction of sp³-hybridized carbons (Fsp3) is 0.105. The number of hydrogen-bond donors (Lipinski definition) is 2. The van der Waals surface area contributed by atoms with Crippen LogP contribution < -0.4 is 10.6 Å². The van der Waals surface area contributed by atoms with E-state index in [1.807, 2.05) is 54.6 Å². The maximum Gasteiger partial charge on any atom is 0.234 e. The molecule has 0 saturated carbocycles. The summed E-state index contributed by atoms with van der Waals surface area (Å²) in [7, 11) is 0. The van der Waals surface area contributed by atoms with E-state index < -0.39 is 0 Å². The molecule has 0 atom stereocenters. The molecule has 0 spiro atoms. The molecule has 0 aliphatic heterocycles. The van der Waals surface area contributed by atoms with Crippen molar-refractivity contribution in [1.29, 1.82) is 0 Å². The number of carbonyl (C=O) groups is 1. The van der Waals surface area contributed by atoms with Gasteiger partial charge in [-0.2, -0.15) is 0 Å². The van der Waals surface area contributed by atoms with E-state index in [0.29, 0.717) is 12.4 Å². The molecule has 1 aromatic heterocycles. The SMILES string of the molecule is C=CCNc1nnc(SCC(=O)Nc2ccccc2)c2ccccc12. The van der Waals surface area contributed by atoms with Crippen molar-refractivity contribution in [2.75, 3.05) is 22.9 Å². The highest BCUT2D eigenvalue weighted by Crippen LogP contribution is 2.29. The number of anilines is 2. The predicted molar refractivity (Wildman–Crippen MR) is 104 cm³/mol. The van der Waals surface area contributed by atoms with E-state index in [9.17, 15) is 4.79 Å². The number of aromatic nitrogens is 2. The van der Waals surface area contributed by atoms with Gasteiger partial charge in [0.25, 0.3) is 0 Å². The van der Waals surface area contributed by atoms with E-state index in [1.54, 1.807) is 6.08 Å². The minimum Gasteiger partial charge on any atom is -0.365 e. The first-order valence-electron chi connectivity index (χ1n) is 7.86. The van der Waals surface area contributed by atoms with E-state index in [1.165, 1.54) is 11.8 Å². The summed E-state index contributed by atoms with van der Waals surface area (Å²) in [6.07, 6.45) is 1.77. The van der Waals surface area contributed by atoms with Crippen molar-refractivity contribution in [3.05, 3.63) is 67.3 Å². The highest BCUT2D eigenvalue weighted by Gasteiger charge is 2.11. The number of hydrogen-bond acceptors (Lipinski definition) is 5. The molecular formula is C19H18N4OS. The number of fused-ring (bicyclic) bond motifs is 1. The van der Waals surface area contributed by atoms with E-state index >= 15 is 0 Å². The average Bonchev–Trinajstić information content (AvgIpc) is 2.66. The van der Waals surface area contributed by atoms with Crippen molar-refractivity contribution >= 4 is 39.9 Å². The largest absolute Gasteiger partial charge is 0.365 e. The number of rotatable bonds is 7. The predicted octanol–water partition coefficient (Wildman–Crippen LogP) is 3.96. The Kier molecular flexibility index (Phi) is 5.64. The van der Waals surface area contributed by atoms with Crippen LogP contribution in [0.3, 0.4) is 0 Å². The Labute approximate surface area is 150 Å². The van der Waals surface area contributed by atoms with Crippen LogP contribution >= 0.6 is 11.8 Å². The van der Waals surface area contributed by atoms with Crippen LogP contribution in [0.5, 0.6) is 0 Å². The van der Waals surface area contributed by atoms with Crippen LogP contribution in [0.2, 0.25) is 0 Å². The highest BCUT2D eigenvalue weighted by atomic mass is 32.2. The van der Waals surface area contributed by atoms with Gasteiger partial charge in [0.1, 0.15) is 5.03 Å². The van der Waals surface area contributed by atoms with Crippen LogP contribution in [-0.2, 0) is 4.79 Å². The van der Waals surface area contributed by atoms with Crippen molar-refractivity contribution in [3.8, 4) is 0 Å². The third-order valence-electron chi connectivity index (χ3n) is 3.46. The average molecular weight is 350 g/mol. The van der Waals surface area contributed by atoms with Crippen molar-refractivity contribution in [2.45, 2.75) is 5.03 Å². The molecule has 25 heavy (non-hydrogen) atoms. The lowest BCUT2D eigenvalue weighted by Crippen LogP contribution is -2.14. The van der Waals surface area contributed by atoms with Gasteiger partial charge in [0.05, 0.1) is 5.75 Å². The van der Waals surface area contributed by atoms with Gasteiger partial charge in [0.15, 0.2) is 5.82 Å². The second-order valence-electron chi connectivity index (χ2n) is 5.27. The van der Waals surface area contributed by atoms with E-state index in [2.05, 4.69) is 27.4 Å². The van der Waals surface area contributed by atoms with Crippen LogP contribution in [0.4, 0.5) is 11.5 Å². The fourth-order valence-corrected chi connectivity index (χ4v) is 3.11. The van der Waals surface area contributed by atoms with Gasteiger partial charge in [-0.15, -0.1) is 16.8 Å². The second kappa shape index (κ2) is 8.30. The second-order valence-corrected chi connectivity index (χ2v) is 6.24. The molecule has 2 N–H and O–H groups in total. The summed E-state index contributed by atoms with van der Waals surface area (Å²) in [6.45, 7) is 4.31. The molecule has 1 heterocycles. The Morgan fingerprint density at radius 1 is 1.04 bits per heavy atom. The number of thioether (sulfide) groups is 1. The van der Waals surface area contributed by atoms with Gasteiger partial charge in [0, 0.05) is 23.0 Å². The molecule has 2 aromatic carbocycles. The molecule has 126 valence electrons. The number of nitrogens with zero attached hydrogens (tertiary/aromatic N) is 2. The van der Waals surface area contributed by atoms with Crippen molar-refractivity contribution < 1.29 is 4.79 Å². The Morgan fingerprint density at radius 2 is 1.76 bits per heavy atom. The van der Waals surface area contributed by atoms with Gasteiger partial charge in [-0.3, -0.25) is 4.79 Å². The molecule has 0 aliphatic rings. The molecule has 0 fully saturated rings. The summed E-state index contributed by atoms with van der Waals surface area (Å²) in [5.41, 5.74) is 0.785. The first kappa shape index (κ1) is 17.0. The maximum absolute atomic E-state index is 12.1. The van der Waals surface area contributed by atoms with Crippen LogP contribution in [-0.4, -0.2) is 28.4 Å². The molecule has 6 heteroatoms. The summed E-state index contributed by atoms with van der Waals surface area (Å²) < 4.78 is 0. The number of para-hydroxylation sites is 1. The zero-order valence-electron chi connectivity index (χ0n) is 13.6. The molecule has 0 unspecified atom stereocenters. The van der Waals surface area contributed by atoms with Gasteiger partial charge < -0.3 is 10.6 Å². The third-order valence-corrected chi connectivity index (χ3v) is 4.45. The Balaban J connectivity index is 1.73. The van der Waals surface area contributed by atoms with Gasteiger partial charge in [0.2, 0.25) is 5.91 Å². The normalized spacial score (nSPS) is 10.4. The van der Waals surface area contributed by atoms with Crippen LogP contribution in [0, 0.1) is 0 Å². The van der Waals surface area contributed by atoms with E-state index in [4.69, 9.17) is 0 Å². The summed E-state index contributed by atoms with van der Waals surface area (Å²) >= 11 is 1.38. The van der Waals surface area contributed by atoms with Gasteiger partial charge in [-0.25, -0.2) is 0 Å². The zero-order valence-corrected chi connectivity index (χ0v) is 14.4. The molecule has 5 nitrogen and oxygen atoms in total. The minimum atomic E-state index is -0.0732. The molecule has 0 radical (unpaired) electrons. The number of nitrogens with one attached hydrogen (secondary N) is 2. The maximum atomic E-state index is 12.1. The van der Waals surface area contributed by atoms with Gasteiger partial charge in [-0.05, 0) is 12.1 Å². The number of amides is 1. The smallest absolute Gasteiger partial charge is 0.234 e. The van der Waals surface area contributed by atoms with Crippen LogP contribution in [0.15, 0.2) is 72.3 Å². The molecule has 0 saturated heterocycles. The molecular weight excluding hydrogens is 332 g/mol. The quantitative estimate of drug-likeness (QED) is 0.499. The molecule has 3 aromatic rings. The molecule has 1 amide bonds. The zero-order chi connectivity index (χ0) is 17.5. The summed E-state index contributed by atoms with van der Waals surface area (Å²) in [6, 6.07) is 17.3. The van der Waals surface area contributed by atoms with Crippen molar-refractivity contribution in [3.63, 3.8) is 0 Å². The molecule has 0 aliphatic carbocycles. The minimum absolute atomic E-state index is 0.0732. The fourth-order valence-electron chi connectivity index (χ4n) is 2.34. The summed E-state index contributed by atoms with van der Waals surface area (Å²) in [4.78, 5) is 12.1. The first-order chi connectivity index (χ1) is 12.3. The highest BCUT2D eigenvalue weighted by molar-refractivity contribution is 8.00. The van der Waals surface area contributed by atoms with Crippen molar-refractivity contribution in [1.82, 2.24) is 10.2 Å². The van der Waals surface area contributed by atoms with E-state index in [-0.39, 0.29) is 11.7 Å².